The quantitative estimate of drug-likeness (QED) is 0.681. The monoisotopic (exact) mass is 180 g/mol. The SMILES string of the molecule is O=Nc1ccccc1NC(=O)CO. The molecule has 1 aromatic rings. The average molecular weight is 180 g/mol. The Bertz CT molecular complexity index is 325. The number of hydrogen-bond acceptors (Lipinski definition) is 4. The predicted octanol–water partition coefficient (Wildman–Crippen LogP) is 1.02. The summed E-state index contributed by atoms with van der Waals surface area (Å²) in [5, 5.41) is 13.5. The van der Waals surface area contributed by atoms with Gasteiger partial charge in [0.25, 0.3) is 0 Å². The lowest BCUT2D eigenvalue weighted by atomic mass is 10.2. The van der Waals surface area contributed by atoms with Crippen LogP contribution >= 0.6 is 0 Å². The van der Waals surface area contributed by atoms with E-state index >= 15 is 0 Å². The fourth-order valence-corrected chi connectivity index (χ4v) is 0.849. The van der Waals surface area contributed by atoms with E-state index in [1.165, 1.54) is 12.1 Å². The number of nitrogens with zero attached hydrogens (tertiary/aromatic N) is 1. The second-order valence-electron chi connectivity index (χ2n) is 2.31. The Balaban J connectivity index is 2.87. The Morgan fingerprint density at radius 3 is 2.77 bits per heavy atom. The molecule has 2 N–H and O–H groups in total. The minimum atomic E-state index is -0.618. The molecular formula is C8H8N2O3. The van der Waals surface area contributed by atoms with Gasteiger partial charge in [0, 0.05) is 0 Å². The smallest absolute Gasteiger partial charge is 0.250 e. The van der Waals surface area contributed by atoms with Gasteiger partial charge < -0.3 is 10.4 Å². The minimum Gasteiger partial charge on any atom is -0.387 e. The number of aliphatic hydroxyl groups excluding tert-OH is 1. The molecule has 0 heterocycles. The van der Waals surface area contributed by atoms with E-state index < -0.39 is 12.5 Å². The third-order valence-corrected chi connectivity index (χ3v) is 1.42. The summed E-state index contributed by atoms with van der Waals surface area (Å²) in [4.78, 5) is 21.0. The van der Waals surface area contributed by atoms with Crippen molar-refractivity contribution in [1.29, 1.82) is 0 Å². The van der Waals surface area contributed by atoms with E-state index in [1.54, 1.807) is 12.1 Å². The van der Waals surface area contributed by atoms with Gasteiger partial charge in [0.2, 0.25) is 5.91 Å². The fourth-order valence-electron chi connectivity index (χ4n) is 0.849. The first-order chi connectivity index (χ1) is 6.27. The van der Waals surface area contributed by atoms with Gasteiger partial charge in [-0.25, -0.2) is 0 Å². The van der Waals surface area contributed by atoms with Crippen molar-refractivity contribution < 1.29 is 9.90 Å². The predicted molar refractivity (Wildman–Crippen MR) is 47.6 cm³/mol. The first-order valence-corrected chi connectivity index (χ1v) is 3.61. The number of para-hydroxylation sites is 1. The number of rotatable bonds is 3. The van der Waals surface area contributed by atoms with Crippen molar-refractivity contribution in [3.8, 4) is 0 Å². The number of aliphatic hydroxyl groups is 1. The number of carbonyl (C=O) groups is 1. The molecule has 0 radical (unpaired) electrons. The van der Waals surface area contributed by atoms with E-state index in [1.807, 2.05) is 0 Å². The molecule has 1 amide bonds. The molecule has 0 spiro atoms. The van der Waals surface area contributed by atoms with Crippen LogP contribution in [-0.4, -0.2) is 17.6 Å². The van der Waals surface area contributed by atoms with Crippen LogP contribution in [0.15, 0.2) is 29.4 Å². The Morgan fingerprint density at radius 1 is 1.46 bits per heavy atom. The lowest BCUT2D eigenvalue weighted by Crippen LogP contribution is -2.15. The zero-order chi connectivity index (χ0) is 9.68. The molecule has 68 valence electrons. The van der Waals surface area contributed by atoms with E-state index in [0.29, 0.717) is 5.69 Å². The molecule has 0 aromatic heterocycles. The maximum atomic E-state index is 10.7. The summed E-state index contributed by atoms with van der Waals surface area (Å²) in [6, 6.07) is 6.29. The van der Waals surface area contributed by atoms with Crippen LogP contribution in [0.5, 0.6) is 0 Å². The van der Waals surface area contributed by atoms with Crippen LogP contribution in [0, 0.1) is 4.91 Å². The second-order valence-corrected chi connectivity index (χ2v) is 2.31. The van der Waals surface area contributed by atoms with Crippen molar-refractivity contribution in [2.75, 3.05) is 11.9 Å². The molecule has 0 saturated heterocycles. The van der Waals surface area contributed by atoms with E-state index in [9.17, 15) is 9.70 Å². The highest BCUT2D eigenvalue weighted by molar-refractivity contribution is 5.94. The molecule has 0 aliphatic heterocycles. The summed E-state index contributed by atoms with van der Waals surface area (Å²) in [5.74, 6) is -0.573. The third-order valence-electron chi connectivity index (χ3n) is 1.42. The van der Waals surface area contributed by atoms with Gasteiger partial charge in [-0.3, -0.25) is 4.79 Å². The molecule has 13 heavy (non-hydrogen) atoms. The van der Waals surface area contributed by atoms with Gasteiger partial charge in [0.15, 0.2) is 0 Å². The van der Waals surface area contributed by atoms with Gasteiger partial charge in [-0.05, 0) is 17.3 Å². The number of benzene rings is 1. The third kappa shape index (κ3) is 2.34. The average Bonchev–Trinajstić information content (AvgIpc) is 2.18. The van der Waals surface area contributed by atoms with Crippen LogP contribution in [0.1, 0.15) is 0 Å². The molecule has 1 aromatic carbocycles. The minimum absolute atomic E-state index is 0.143. The summed E-state index contributed by atoms with van der Waals surface area (Å²) in [6.45, 7) is -0.618. The molecule has 0 saturated carbocycles. The van der Waals surface area contributed by atoms with Crippen LogP contribution in [0.25, 0.3) is 0 Å². The summed E-state index contributed by atoms with van der Waals surface area (Å²) < 4.78 is 0. The van der Waals surface area contributed by atoms with E-state index in [-0.39, 0.29) is 5.69 Å². The molecule has 0 aliphatic carbocycles. The van der Waals surface area contributed by atoms with Gasteiger partial charge in [0.1, 0.15) is 12.3 Å². The van der Waals surface area contributed by atoms with Gasteiger partial charge in [-0.15, -0.1) is 4.91 Å². The summed E-state index contributed by atoms with van der Waals surface area (Å²) in [5.41, 5.74) is 0.445. The van der Waals surface area contributed by atoms with Gasteiger partial charge >= 0.3 is 0 Å². The number of nitrogens with one attached hydrogen (secondary N) is 1. The Morgan fingerprint density at radius 2 is 2.15 bits per heavy atom. The highest BCUT2D eigenvalue weighted by Crippen LogP contribution is 2.23. The molecule has 0 bridgehead atoms. The standard InChI is InChI=1S/C8H8N2O3/c11-5-8(12)9-6-3-1-2-4-7(6)10-13/h1-4,11H,5H2,(H,9,12). The second kappa shape index (κ2) is 4.32. The van der Waals surface area contributed by atoms with E-state index in [2.05, 4.69) is 10.5 Å². The van der Waals surface area contributed by atoms with Crippen molar-refractivity contribution in [2.45, 2.75) is 0 Å². The summed E-state index contributed by atoms with van der Waals surface area (Å²) >= 11 is 0. The van der Waals surface area contributed by atoms with Gasteiger partial charge in [0.05, 0.1) is 5.69 Å². The molecule has 0 fully saturated rings. The largest absolute Gasteiger partial charge is 0.387 e. The first kappa shape index (κ1) is 9.34. The lowest BCUT2D eigenvalue weighted by Gasteiger charge is -2.03. The number of amides is 1. The van der Waals surface area contributed by atoms with Crippen LogP contribution in [0.3, 0.4) is 0 Å². The highest BCUT2D eigenvalue weighted by Gasteiger charge is 2.04. The van der Waals surface area contributed by atoms with Crippen LogP contribution in [-0.2, 0) is 4.79 Å². The maximum Gasteiger partial charge on any atom is 0.250 e. The zero-order valence-corrected chi connectivity index (χ0v) is 6.73. The van der Waals surface area contributed by atoms with Crippen molar-refractivity contribution >= 4 is 17.3 Å². The molecule has 0 aliphatic rings. The lowest BCUT2D eigenvalue weighted by molar-refractivity contribution is -0.118. The van der Waals surface area contributed by atoms with Crippen molar-refractivity contribution in [3.63, 3.8) is 0 Å². The zero-order valence-electron chi connectivity index (χ0n) is 6.73. The van der Waals surface area contributed by atoms with E-state index in [0.717, 1.165) is 0 Å². The topological polar surface area (TPSA) is 78.8 Å². The van der Waals surface area contributed by atoms with Crippen LogP contribution in [0.4, 0.5) is 11.4 Å². The molecule has 0 unspecified atom stereocenters. The van der Waals surface area contributed by atoms with Crippen molar-refractivity contribution in [1.82, 2.24) is 0 Å². The Labute approximate surface area is 74.4 Å². The summed E-state index contributed by atoms with van der Waals surface area (Å²) in [6.07, 6.45) is 0. The van der Waals surface area contributed by atoms with Crippen LogP contribution in [0.2, 0.25) is 0 Å². The number of nitroso groups, excluding NO2 is 1. The van der Waals surface area contributed by atoms with Gasteiger partial charge in [-0.2, -0.15) is 0 Å². The Kier molecular flexibility index (Phi) is 3.10. The normalized spacial score (nSPS) is 9.31. The van der Waals surface area contributed by atoms with E-state index in [4.69, 9.17) is 5.11 Å². The number of hydrogen-bond donors (Lipinski definition) is 2. The van der Waals surface area contributed by atoms with Crippen molar-refractivity contribution in [2.24, 2.45) is 5.18 Å². The van der Waals surface area contributed by atoms with Crippen LogP contribution < -0.4 is 5.32 Å². The fraction of sp³-hybridized carbons (Fsp3) is 0.125. The first-order valence-electron chi connectivity index (χ1n) is 3.61. The maximum absolute atomic E-state index is 10.7. The molecular weight excluding hydrogens is 172 g/mol. The molecule has 1 rings (SSSR count). The number of anilines is 1. The highest BCUT2D eigenvalue weighted by atomic mass is 16.3. The molecule has 5 heteroatoms. The Hall–Kier alpha value is -1.75. The molecule has 0 atom stereocenters. The summed E-state index contributed by atoms with van der Waals surface area (Å²) in [7, 11) is 0. The molecule has 5 nitrogen and oxygen atoms in total. The van der Waals surface area contributed by atoms with Gasteiger partial charge in [-0.1, -0.05) is 12.1 Å². The number of carbonyl (C=O) groups excluding carboxylic acids is 1. The van der Waals surface area contributed by atoms with Crippen molar-refractivity contribution in [3.05, 3.63) is 29.2 Å².